The molecule has 10 heteroatoms. The van der Waals surface area contributed by atoms with Gasteiger partial charge in [-0.25, -0.2) is 0 Å². The summed E-state index contributed by atoms with van der Waals surface area (Å²) < 4.78 is 3.00. The number of nitrogens with zero attached hydrogens (tertiary/aromatic N) is 5. The van der Waals surface area contributed by atoms with E-state index < -0.39 is 11.0 Å². The minimum Gasteiger partial charge on any atom is -0.324 e. The van der Waals surface area contributed by atoms with E-state index in [9.17, 15) is 14.9 Å². The maximum atomic E-state index is 12.6. The molecule has 2 aromatic heterocycles. The van der Waals surface area contributed by atoms with Crippen molar-refractivity contribution in [1.82, 2.24) is 19.6 Å². The third kappa shape index (κ3) is 4.50. The summed E-state index contributed by atoms with van der Waals surface area (Å²) in [6.07, 6.45) is 6.10. The standard InChI is InChI=1S/C17H17ClN6O3/c1-2-16(23-11-15(8-20-23)24(26)27)17(25)21-14-5-3-4-12(6-14)9-22-10-13(18)7-19-22/h3-8,10-11,16H,2,9H2,1H3,(H,21,25). The average Bonchev–Trinajstić information content (AvgIpc) is 3.25. The lowest BCUT2D eigenvalue weighted by Gasteiger charge is -2.15. The van der Waals surface area contributed by atoms with Crippen molar-refractivity contribution in [3.05, 3.63) is 69.8 Å². The number of benzene rings is 1. The molecule has 3 aromatic rings. The Balaban J connectivity index is 1.72. The largest absolute Gasteiger partial charge is 0.324 e. The molecule has 0 saturated heterocycles. The summed E-state index contributed by atoms with van der Waals surface area (Å²) in [5.74, 6) is -0.296. The summed E-state index contributed by atoms with van der Waals surface area (Å²) in [4.78, 5) is 22.9. The van der Waals surface area contributed by atoms with Crippen LogP contribution in [0.2, 0.25) is 5.02 Å². The van der Waals surface area contributed by atoms with E-state index in [1.165, 1.54) is 10.9 Å². The van der Waals surface area contributed by atoms with Gasteiger partial charge in [0.05, 0.1) is 22.7 Å². The van der Waals surface area contributed by atoms with E-state index in [4.69, 9.17) is 11.6 Å². The van der Waals surface area contributed by atoms with Crippen LogP contribution in [0.4, 0.5) is 11.4 Å². The number of halogens is 1. The topological polar surface area (TPSA) is 108 Å². The molecule has 9 nitrogen and oxygen atoms in total. The van der Waals surface area contributed by atoms with E-state index in [1.54, 1.807) is 23.1 Å². The molecule has 0 radical (unpaired) electrons. The van der Waals surface area contributed by atoms with Crippen molar-refractivity contribution >= 4 is 28.9 Å². The molecule has 140 valence electrons. The molecule has 0 fully saturated rings. The van der Waals surface area contributed by atoms with Crippen LogP contribution in [-0.2, 0) is 11.3 Å². The molecule has 0 aliphatic carbocycles. The monoisotopic (exact) mass is 388 g/mol. The van der Waals surface area contributed by atoms with Gasteiger partial charge in [-0.2, -0.15) is 10.2 Å². The molecule has 27 heavy (non-hydrogen) atoms. The minimum atomic E-state index is -0.646. The molecule has 0 aliphatic rings. The van der Waals surface area contributed by atoms with E-state index in [0.717, 1.165) is 11.8 Å². The van der Waals surface area contributed by atoms with E-state index in [-0.39, 0.29) is 11.6 Å². The Labute approximate surface area is 159 Å². The average molecular weight is 389 g/mol. The van der Waals surface area contributed by atoms with Gasteiger partial charge in [-0.1, -0.05) is 30.7 Å². The van der Waals surface area contributed by atoms with E-state index >= 15 is 0 Å². The van der Waals surface area contributed by atoms with Crippen LogP contribution in [-0.4, -0.2) is 30.4 Å². The predicted octanol–water partition coefficient (Wildman–Crippen LogP) is 3.28. The first kappa shape index (κ1) is 18.6. The van der Waals surface area contributed by atoms with Gasteiger partial charge in [0.25, 0.3) is 0 Å². The lowest BCUT2D eigenvalue weighted by Crippen LogP contribution is -2.26. The third-order valence-corrected chi connectivity index (χ3v) is 4.14. The molecule has 0 spiro atoms. The second-order valence-electron chi connectivity index (χ2n) is 5.91. The third-order valence-electron chi connectivity index (χ3n) is 3.95. The normalized spacial score (nSPS) is 11.9. The molecule has 0 saturated carbocycles. The van der Waals surface area contributed by atoms with Crippen LogP contribution in [0.5, 0.6) is 0 Å². The fraction of sp³-hybridized carbons (Fsp3) is 0.235. The first-order valence-electron chi connectivity index (χ1n) is 8.22. The van der Waals surface area contributed by atoms with E-state index in [0.29, 0.717) is 23.7 Å². The minimum absolute atomic E-state index is 0.152. The molecule has 1 N–H and O–H groups in total. The predicted molar refractivity (Wildman–Crippen MR) is 99.6 cm³/mol. The number of hydrogen-bond acceptors (Lipinski definition) is 5. The number of amides is 1. The summed E-state index contributed by atoms with van der Waals surface area (Å²) in [5, 5.41) is 22.3. The molecule has 3 rings (SSSR count). The van der Waals surface area contributed by atoms with Crippen molar-refractivity contribution in [2.75, 3.05) is 5.32 Å². The molecular weight excluding hydrogens is 372 g/mol. The van der Waals surface area contributed by atoms with Gasteiger partial charge in [0.1, 0.15) is 18.4 Å². The fourth-order valence-electron chi connectivity index (χ4n) is 2.67. The highest BCUT2D eigenvalue weighted by Crippen LogP contribution is 2.19. The van der Waals surface area contributed by atoms with Gasteiger partial charge in [0.2, 0.25) is 5.91 Å². The van der Waals surface area contributed by atoms with E-state index in [1.807, 2.05) is 25.1 Å². The van der Waals surface area contributed by atoms with Crippen LogP contribution in [0.25, 0.3) is 0 Å². The number of rotatable bonds is 7. The number of nitrogens with one attached hydrogen (secondary N) is 1. The highest BCUT2D eigenvalue weighted by Gasteiger charge is 2.22. The number of hydrogen-bond donors (Lipinski definition) is 1. The summed E-state index contributed by atoms with van der Waals surface area (Å²) in [7, 11) is 0. The molecule has 1 amide bonds. The number of carbonyl (C=O) groups excluding carboxylic acids is 1. The van der Waals surface area contributed by atoms with Crippen LogP contribution >= 0.6 is 11.6 Å². The Kier molecular flexibility index (Phi) is 5.51. The SMILES string of the molecule is CCC(C(=O)Nc1cccc(Cn2cc(Cl)cn2)c1)n1cc([N+](=O)[O-])cn1. The quantitative estimate of drug-likeness (QED) is 0.493. The Hall–Kier alpha value is -3.20. The highest BCUT2D eigenvalue weighted by atomic mass is 35.5. The number of anilines is 1. The van der Waals surface area contributed by atoms with Crippen molar-refractivity contribution in [2.24, 2.45) is 0 Å². The summed E-state index contributed by atoms with van der Waals surface area (Å²) >= 11 is 5.87. The maximum Gasteiger partial charge on any atom is 0.307 e. The molecule has 0 bridgehead atoms. The molecule has 1 aromatic carbocycles. The Morgan fingerprint density at radius 3 is 2.78 bits per heavy atom. The summed E-state index contributed by atoms with van der Waals surface area (Å²) in [5.41, 5.74) is 1.41. The molecule has 2 heterocycles. The van der Waals surface area contributed by atoms with Crippen molar-refractivity contribution in [2.45, 2.75) is 25.9 Å². The van der Waals surface area contributed by atoms with Crippen LogP contribution in [0, 0.1) is 10.1 Å². The maximum absolute atomic E-state index is 12.6. The zero-order valence-electron chi connectivity index (χ0n) is 14.4. The number of aromatic nitrogens is 4. The first-order valence-corrected chi connectivity index (χ1v) is 8.60. The van der Waals surface area contributed by atoms with Crippen molar-refractivity contribution in [3.63, 3.8) is 0 Å². The molecule has 1 atom stereocenters. The van der Waals surface area contributed by atoms with Crippen LogP contribution < -0.4 is 5.32 Å². The van der Waals surface area contributed by atoms with Crippen LogP contribution in [0.15, 0.2) is 49.1 Å². The lowest BCUT2D eigenvalue weighted by molar-refractivity contribution is -0.385. The van der Waals surface area contributed by atoms with Crippen molar-refractivity contribution in [1.29, 1.82) is 0 Å². The van der Waals surface area contributed by atoms with Crippen molar-refractivity contribution < 1.29 is 9.72 Å². The van der Waals surface area contributed by atoms with Crippen LogP contribution in [0.1, 0.15) is 24.9 Å². The number of carbonyl (C=O) groups is 1. The Bertz CT molecular complexity index is 967. The summed E-state index contributed by atoms with van der Waals surface area (Å²) in [6.45, 7) is 2.33. The van der Waals surface area contributed by atoms with Gasteiger partial charge in [-0.05, 0) is 24.1 Å². The van der Waals surface area contributed by atoms with Gasteiger partial charge in [-0.15, -0.1) is 0 Å². The second-order valence-corrected chi connectivity index (χ2v) is 6.34. The van der Waals surface area contributed by atoms with Crippen LogP contribution in [0.3, 0.4) is 0 Å². The molecule has 1 unspecified atom stereocenters. The number of nitro groups is 1. The first-order chi connectivity index (χ1) is 13.0. The van der Waals surface area contributed by atoms with E-state index in [2.05, 4.69) is 15.5 Å². The second kappa shape index (κ2) is 8.00. The zero-order valence-corrected chi connectivity index (χ0v) is 15.2. The summed E-state index contributed by atoms with van der Waals surface area (Å²) in [6, 6.07) is 6.71. The smallest absolute Gasteiger partial charge is 0.307 e. The Morgan fingerprint density at radius 2 is 2.15 bits per heavy atom. The molecule has 0 aliphatic heterocycles. The molecular formula is C17H17ClN6O3. The van der Waals surface area contributed by atoms with Gasteiger partial charge >= 0.3 is 5.69 Å². The van der Waals surface area contributed by atoms with Gasteiger partial charge in [0, 0.05) is 11.9 Å². The highest BCUT2D eigenvalue weighted by molar-refractivity contribution is 6.30. The lowest BCUT2D eigenvalue weighted by atomic mass is 10.1. The van der Waals surface area contributed by atoms with Gasteiger partial charge in [0.15, 0.2) is 0 Å². The fourth-order valence-corrected chi connectivity index (χ4v) is 2.83. The van der Waals surface area contributed by atoms with Gasteiger partial charge in [-0.3, -0.25) is 24.3 Å². The Morgan fingerprint density at radius 1 is 1.33 bits per heavy atom. The van der Waals surface area contributed by atoms with Crippen molar-refractivity contribution in [3.8, 4) is 0 Å². The van der Waals surface area contributed by atoms with Gasteiger partial charge < -0.3 is 5.32 Å². The zero-order chi connectivity index (χ0) is 19.4.